The van der Waals surface area contributed by atoms with E-state index in [4.69, 9.17) is 4.74 Å². The van der Waals surface area contributed by atoms with Crippen LogP contribution in [-0.2, 0) is 4.74 Å². The van der Waals surface area contributed by atoms with Crippen molar-refractivity contribution >= 4 is 0 Å². The van der Waals surface area contributed by atoms with E-state index in [0.717, 1.165) is 37.5 Å². The Kier molecular flexibility index (Phi) is 5.11. The molecule has 2 saturated carbocycles. The Hall–Kier alpha value is -0.0800. The molecule has 2 aliphatic carbocycles. The molecule has 3 unspecified atom stereocenters. The molecule has 2 heteroatoms. The molecule has 16 heavy (non-hydrogen) atoms. The van der Waals surface area contributed by atoms with Crippen molar-refractivity contribution in [3.63, 3.8) is 0 Å². The molecule has 0 aromatic rings. The van der Waals surface area contributed by atoms with E-state index >= 15 is 0 Å². The lowest BCUT2D eigenvalue weighted by atomic mass is 9.69. The van der Waals surface area contributed by atoms with Crippen molar-refractivity contribution in [1.82, 2.24) is 5.32 Å². The molecule has 0 bridgehead atoms. The van der Waals surface area contributed by atoms with Crippen molar-refractivity contribution in [2.24, 2.45) is 11.8 Å². The van der Waals surface area contributed by atoms with Gasteiger partial charge in [0.25, 0.3) is 0 Å². The van der Waals surface area contributed by atoms with Gasteiger partial charge in [-0.15, -0.1) is 0 Å². The van der Waals surface area contributed by atoms with Gasteiger partial charge < -0.3 is 10.1 Å². The predicted molar refractivity (Wildman–Crippen MR) is 67.6 cm³/mol. The normalized spacial score (nSPS) is 34.7. The summed E-state index contributed by atoms with van der Waals surface area (Å²) in [5, 5.41) is 3.71. The van der Waals surface area contributed by atoms with Gasteiger partial charge >= 0.3 is 0 Å². The Morgan fingerprint density at radius 2 is 1.88 bits per heavy atom. The van der Waals surface area contributed by atoms with Gasteiger partial charge in [0, 0.05) is 19.8 Å². The van der Waals surface area contributed by atoms with Gasteiger partial charge in [-0.3, -0.25) is 0 Å². The molecule has 0 aliphatic heterocycles. The van der Waals surface area contributed by atoms with Crippen LogP contribution in [0.1, 0.15) is 51.4 Å². The summed E-state index contributed by atoms with van der Waals surface area (Å²) in [6, 6.07) is 0.802. The number of fused-ring (bicyclic) bond motifs is 1. The molecule has 0 aromatic carbocycles. The molecule has 2 nitrogen and oxygen atoms in total. The Morgan fingerprint density at radius 1 is 1.06 bits per heavy atom. The second kappa shape index (κ2) is 6.61. The van der Waals surface area contributed by atoms with E-state index in [1.807, 2.05) is 0 Å². The van der Waals surface area contributed by atoms with Crippen molar-refractivity contribution in [1.29, 1.82) is 0 Å². The number of nitrogens with one attached hydrogen (secondary N) is 1. The molecule has 1 N–H and O–H groups in total. The zero-order chi connectivity index (χ0) is 11.2. The summed E-state index contributed by atoms with van der Waals surface area (Å²) in [5.41, 5.74) is 0. The van der Waals surface area contributed by atoms with Crippen LogP contribution in [0.4, 0.5) is 0 Å². The van der Waals surface area contributed by atoms with E-state index in [9.17, 15) is 0 Å². The monoisotopic (exact) mass is 225 g/mol. The Morgan fingerprint density at radius 3 is 2.69 bits per heavy atom. The van der Waals surface area contributed by atoms with Crippen LogP contribution < -0.4 is 5.32 Å². The van der Waals surface area contributed by atoms with Gasteiger partial charge in [0.1, 0.15) is 0 Å². The van der Waals surface area contributed by atoms with Crippen LogP contribution >= 0.6 is 0 Å². The molecule has 2 fully saturated rings. The maximum Gasteiger partial charge on any atom is 0.0474 e. The summed E-state index contributed by atoms with van der Waals surface area (Å²) in [7, 11) is 1.78. The zero-order valence-electron chi connectivity index (χ0n) is 10.7. The predicted octanol–water partition coefficient (Wildman–Crippen LogP) is 2.97. The van der Waals surface area contributed by atoms with Crippen LogP contribution in [0.25, 0.3) is 0 Å². The second-order valence-electron chi connectivity index (χ2n) is 5.62. The molecule has 94 valence electrons. The third-order valence-corrected chi connectivity index (χ3v) is 4.50. The van der Waals surface area contributed by atoms with Crippen LogP contribution in [0.5, 0.6) is 0 Å². The molecule has 0 radical (unpaired) electrons. The fourth-order valence-corrected chi connectivity index (χ4v) is 3.58. The summed E-state index contributed by atoms with van der Waals surface area (Å²) < 4.78 is 5.08. The summed E-state index contributed by atoms with van der Waals surface area (Å²) in [5.74, 6) is 2.12. The van der Waals surface area contributed by atoms with E-state index in [0.29, 0.717) is 0 Å². The SMILES string of the molecule is COCCCNC1CCC2CCCCC2C1. The molecule has 0 heterocycles. The van der Waals surface area contributed by atoms with Crippen molar-refractivity contribution in [2.75, 3.05) is 20.3 Å². The maximum absolute atomic E-state index is 5.08. The molecule has 0 saturated heterocycles. The van der Waals surface area contributed by atoms with Crippen LogP contribution in [0.2, 0.25) is 0 Å². The first-order valence-electron chi connectivity index (χ1n) is 7.12. The van der Waals surface area contributed by atoms with Crippen molar-refractivity contribution in [3.8, 4) is 0 Å². The lowest BCUT2D eigenvalue weighted by Gasteiger charge is -2.39. The van der Waals surface area contributed by atoms with E-state index in [1.54, 1.807) is 7.11 Å². The minimum Gasteiger partial charge on any atom is -0.385 e. The number of ether oxygens (including phenoxy) is 1. The lowest BCUT2D eigenvalue weighted by molar-refractivity contribution is 0.140. The fraction of sp³-hybridized carbons (Fsp3) is 1.00. The van der Waals surface area contributed by atoms with Gasteiger partial charge in [-0.1, -0.05) is 25.7 Å². The maximum atomic E-state index is 5.08. The largest absolute Gasteiger partial charge is 0.385 e. The number of hydrogen-bond acceptors (Lipinski definition) is 2. The number of methoxy groups -OCH3 is 1. The molecular formula is C14H27NO. The highest BCUT2D eigenvalue weighted by Gasteiger charge is 2.31. The van der Waals surface area contributed by atoms with Gasteiger partial charge in [0.05, 0.1) is 0 Å². The number of rotatable bonds is 5. The quantitative estimate of drug-likeness (QED) is 0.726. The highest BCUT2D eigenvalue weighted by molar-refractivity contribution is 4.86. The van der Waals surface area contributed by atoms with Crippen LogP contribution in [0, 0.1) is 11.8 Å². The van der Waals surface area contributed by atoms with Crippen LogP contribution in [-0.4, -0.2) is 26.3 Å². The van der Waals surface area contributed by atoms with Gasteiger partial charge in [-0.05, 0) is 44.1 Å². The molecule has 3 atom stereocenters. The van der Waals surface area contributed by atoms with E-state index in [1.165, 1.54) is 44.9 Å². The van der Waals surface area contributed by atoms with Gasteiger partial charge in [0.15, 0.2) is 0 Å². The summed E-state index contributed by atoms with van der Waals surface area (Å²) >= 11 is 0. The fourth-order valence-electron chi connectivity index (χ4n) is 3.58. The highest BCUT2D eigenvalue weighted by Crippen LogP contribution is 2.40. The van der Waals surface area contributed by atoms with Crippen molar-refractivity contribution < 1.29 is 4.74 Å². The third-order valence-electron chi connectivity index (χ3n) is 4.50. The smallest absolute Gasteiger partial charge is 0.0474 e. The van der Waals surface area contributed by atoms with E-state index in [2.05, 4.69) is 5.32 Å². The average Bonchev–Trinajstić information content (AvgIpc) is 2.34. The van der Waals surface area contributed by atoms with Crippen LogP contribution in [0.15, 0.2) is 0 Å². The topological polar surface area (TPSA) is 21.3 Å². The molecule has 0 spiro atoms. The molecule has 2 rings (SSSR count). The first-order valence-corrected chi connectivity index (χ1v) is 7.12. The third kappa shape index (κ3) is 3.46. The molecule has 2 aliphatic rings. The minimum atomic E-state index is 0.802. The standard InChI is InChI=1S/C14H27NO/c1-16-10-4-9-15-14-8-7-12-5-2-3-6-13(12)11-14/h12-15H,2-11H2,1H3. The first-order chi connectivity index (χ1) is 7.90. The van der Waals surface area contributed by atoms with Gasteiger partial charge in [0.2, 0.25) is 0 Å². The Bertz CT molecular complexity index is 195. The lowest BCUT2D eigenvalue weighted by Crippen LogP contribution is -2.39. The van der Waals surface area contributed by atoms with E-state index in [-0.39, 0.29) is 0 Å². The molecule has 0 amide bonds. The first kappa shape index (κ1) is 12.4. The van der Waals surface area contributed by atoms with Crippen LogP contribution in [0.3, 0.4) is 0 Å². The zero-order valence-corrected chi connectivity index (χ0v) is 10.7. The number of hydrogen-bond donors (Lipinski definition) is 1. The van der Waals surface area contributed by atoms with Crippen molar-refractivity contribution in [3.05, 3.63) is 0 Å². The summed E-state index contributed by atoms with van der Waals surface area (Å²) in [6.07, 6.45) is 11.5. The Balaban J connectivity index is 1.65. The summed E-state index contributed by atoms with van der Waals surface area (Å²) in [6.45, 7) is 2.03. The minimum absolute atomic E-state index is 0.802. The average molecular weight is 225 g/mol. The van der Waals surface area contributed by atoms with Crippen molar-refractivity contribution in [2.45, 2.75) is 57.4 Å². The van der Waals surface area contributed by atoms with Gasteiger partial charge in [-0.25, -0.2) is 0 Å². The molecule has 0 aromatic heterocycles. The van der Waals surface area contributed by atoms with E-state index < -0.39 is 0 Å². The highest BCUT2D eigenvalue weighted by atomic mass is 16.5. The summed E-state index contributed by atoms with van der Waals surface area (Å²) in [4.78, 5) is 0. The molecular weight excluding hydrogens is 198 g/mol. The Labute approximate surface area is 100 Å². The van der Waals surface area contributed by atoms with Gasteiger partial charge in [-0.2, -0.15) is 0 Å². The second-order valence-corrected chi connectivity index (χ2v) is 5.62.